The van der Waals surface area contributed by atoms with Crippen LogP contribution in [0.4, 0.5) is 5.82 Å². The van der Waals surface area contributed by atoms with Crippen molar-refractivity contribution < 1.29 is 19.1 Å². The molecule has 0 saturated heterocycles. The van der Waals surface area contributed by atoms with Crippen molar-refractivity contribution in [1.82, 2.24) is 9.13 Å². The lowest BCUT2D eigenvalue weighted by Gasteiger charge is -2.13. The molecular formula is C23H26N4O4. The Labute approximate surface area is 181 Å². The van der Waals surface area contributed by atoms with Crippen LogP contribution in [0.3, 0.4) is 0 Å². The van der Waals surface area contributed by atoms with Gasteiger partial charge in [0.05, 0.1) is 11.1 Å². The number of aryl methyl sites for hydroxylation is 1. The SMILES string of the molecule is COCCCn1c(C)c(C)c(C#N)c1NC(=O)COC(=O)c1cn(C)c2ccccc12. The van der Waals surface area contributed by atoms with Crippen molar-refractivity contribution in [2.75, 3.05) is 25.6 Å². The minimum atomic E-state index is -0.574. The number of carbonyl (C=O) groups is 2. The highest BCUT2D eigenvalue weighted by molar-refractivity contribution is 6.05. The summed E-state index contributed by atoms with van der Waals surface area (Å²) in [5.41, 5.74) is 3.41. The van der Waals surface area contributed by atoms with Gasteiger partial charge in [-0.1, -0.05) is 18.2 Å². The zero-order valence-electron chi connectivity index (χ0n) is 18.2. The van der Waals surface area contributed by atoms with Crippen LogP contribution >= 0.6 is 0 Å². The summed E-state index contributed by atoms with van der Waals surface area (Å²) in [4.78, 5) is 25.1. The van der Waals surface area contributed by atoms with Gasteiger partial charge in [0.1, 0.15) is 11.9 Å². The quantitative estimate of drug-likeness (QED) is 0.444. The summed E-state index contributed by atoms with van der Waals surface area (Å²) in [5.74, 6) is -0.661. The van der Waals surface area contributed by atoms with Crippen molar-refractivity contribution in [3.05, 3.63) is 52.8 Å². The minimum Gasteiger partial charge on any atom is -0.452 e. The van der Waals surface area contributed by atoms with Crippen LogP contribution in [0.25, 0.3) is 10.9 Å². The highest BCUT2D eigenvalue weighted by Crippen LogP contribution is 2.27. The molecule has 0 fully saturated rings. The van der Waals surface area contributed by atoms with Crippen molar-refractivity contribution in [3.8, 4) is 6.07 Å². The van der Waals surface area contributed by atoms with Crippen LogP contribution in [-0.2, 0) is 27.9 Å². The molecule has 0 spiro atoms. The molecule has 0 unspecified atom stereocenters. The molecule has 2 aromatic heterocycles. The minimum absolute atomic E-state index is 0.401. The molecule has 0 aliphatic heterocycles. The van der Waals surface area contributed by atoms with Crippen LogP contribution in [0.1, 0.15) is 33.6 Å². The zero-order valence-corrected chi connectivity index (χ0v) is 18.2. The van der Waals surface area contributed by atoms with E-state index in [9.17, 15) is 14.9 Å². The molecule has 8 heteroatoms. The number of hydrogen-bond acceptors (Lipinski definition) is 5. The Hall–Kier alpha value is -3.57. The molecule has 0 bridgehead atoms. The molecule has 31 heavy (non-hydrogen) atoms. The molecular weight excluding hydrogens is 396 g/mol. The summed E-state index contributed by atoms with van der Waals surface area (Å²) < 4.78 is 14.1. The Kier molecular flexibility index (Phi) is 6.78. The number of nitrogens with zero attached hydrogens (tertiary/aromatic N) is 3. The van der Waals surface area contributed by atoms with Crippen molar-refractivity contribution >= 4 is 28.6 Å². The summed E-state index contributed by atoms with van der Waals surface area (Å²) in [7, 11) is 3.47. The van der Waals surface area contributed by atoms with E-state index >= 15 is 0 Å². The van der Waals surface area contributed by atoms with Crippen molar-refractivity contribution in [1.29, 1.82) is 5.26 Å². The van der Waals surface area contributed by atoms with Gasteiger partial charge in [0, 0.05) is 50.1 Å². The Morgan fingerprint density at radius 1 is 1.23 bits per heavy atom. The molecule has 0 saturated carbocycles. The van der Waals surface area contributed by atoms with E-state index in [-0.39, 0.29) is 0 Å². The summed E-state index contributed by atoms with van der Waals surface area (Å²) in [6, 6.07) is 9.64. The first-order valence-electron chi connectivity index (χ1n) is 9.98. The van der Waals surface area contributed by atoms with Crippen molar-refractivity contribution in [2.45, 2.75) is 26.8 Å². The van der Waals surface area contributed by atoms with Gasteiger partial charge >= 0.3 is 5.97 Å². The lowest BCUT2D eigenvalue weighted by molar-refractivity contribution is -0.119. The molecule has 2 heterocycles. The highest BCUT2D eigenvalue weighted by atomic mass is 16.5. The fourth-order valence-corrected chi connectivity index (χ4v) is 3.66. The molecule has 0 aliphatic rings. The number of rotatable bonds is 8. The van der Waals surface area contributed by atoms with E-state index in [4.69, 9.17) is 9.47 Å². The number of esters is 1. The molecule has 1 aromatic carbocycles. The number of ether oxygens (including phenoxy) is 2. The topological polar surface area (TPSA) is 98.3 Å². The average molecular weight is 422 g/mol. The van der Waals surface area contributed by atoms with E-state index in [1.165, 1.54) is 0 Å². The average Bonchev–Trinajstić information content (AvgIpc) is 3.21. The first-order valence-corrected chi connectivity index (χ1v) is 9.98. The maximum absolute atomic E-state index is 12.6. The van der Waals surface area contributed by atoms with Gasteiger partial charge in [0.25, 0.3) is 5.91 Å². The van der Waals surface area contributed by atoms with Gasteiger partial charge in [-0.25, -0.2) is 4.79 Å². The molecule has 0 aliphatic carbocycles. The van der Waals surface area contributed by atoms with E-state index < -0.39 is 18.5 Å². The molecule has 8 nitrogen and oxygen atoms in total. The van der Waals surface area contributed by atoms with Gasteiger partial charge in [-0.15, -0.1) is 0 Å². The molecule has 3 aromatic rings. The van der Waals surface area contributed by atoms with Crippen LogP contribution in [0.5, 0.6) is 0 Å². The monoisotopic (exact) mass is 422 g/mol. The highest BCUT2D eigenvalue weighted by Gasteiger charge is 2.21. The van der Waals surface area contributed by atoms with Gasteiger partial charge in [-0.05, 0) is 31.9 Å². The van der Waals surface area contributed by atoms with Gasteiger partial charge in [-0.3, -0.25) is 4.79 Å². The van der Waals surface area contributed by atoms with Gasteiger partial charge in [-0.2, -0.15) is 5.26 Å². The third-order valence-corrected chi connectivity index (χ3v) is 5.38. The Morgan fingerprint density at radius 2 is 1.97 bits per heavy atom. The molecule has 0 atom stereocenters. The summed E-state index contributed by atoms with van der Waals surface area (Å²) in [6.07, 6.45) is 2.42. The molecule has 1 N–H and O–H groups in total. The second-order valence-corrected chi connectivity index (χ2v) is 7.34. The Bertz CT molecular complexity index is 1170. The van der Waals surface area contributed by atoms with Gasteiger partial charge in [0.15, 0.2) is 6.61 Å². The van der Waals surface area contributed by atoms with E-state index in [1.54, 1.807) is 13.3 Å². The third-order valence-electron chi connectivity index (χ3n) is 5.38. The van der Waals surface area contributed by atoms with Crippen LogP contribution in [0.2, 0.25) is 0 Å². The van der Waals surface area contributed by atoms with Crippen LogP contribution in [-0.4, -0.2) is 41.3 Å². The standard InChI is InChI=1S/C23H26N4O4/c1-15-16(2)27(10-7-11-30-4)22(18(15)12-24)25-21(28)14-31-23(29)19-13-26(3)20-9-6-5-8-17(19)20/h5-6,8-9,13H,7,10-11,14H2,1-4H3,(H,25,28). The molecule has 0 radical (unpaired) electrons. The lowest BCUT2D eigenvalue weighted by Crippen LogP contribution is -2.23. The number of benzene rings is 1. The number of anilines is 1. The smallest absolute Gasteiger partial charge is 0.340 e. The van der Waals surface area contributed by atoms with E-state index in [0.29, 0.717) is 30.1 Å². The first-order chi connectivity index (χ1) is 14.9. The van der Waals surface area contributed by atoms with Crippen molar-refractivity contribution in [3.63, 3.8) is 0 Å². The predicted molar refractivity (Wildman–Crippen MR) is 117 cm³/mol. The third kappa shape index (κ3) is 4.47. The zero-order chi connectivity index (χ0) is 22.5. The van der Waals surface area contributed by atoms with Crippen LogP contribution in [0.15, 0.2) is 30.5 Å². The van der Waals surface area contributed by atoms with E-state index in [0.717, 1.165) is 28.6 Å². The Morgan fingerprint density at radius 3 is 2.68 bits per heavy atom. The number of para-hydroxylation sites is 1. The molecule has 3 rings (SSSR count). The normalized spacial score (nSPS) is 10.8. The van der Waals surface area contributed by atoms with E-state index in [1.807, 2.05) is 54.3 Å². The van der Waals surface area contributed by atoms with Crippen LogP contribution < -0.4 is 5.32 Å². The number of aromatic nitrogens is 2. The summed E-state index contributed by atoms with van der Waals surface area (Å²) in [5, 5.41) is 13.1. The number of nitriles is 1. The number of carbonyl (C=O) groups excluding carboxylic acids is 2. The number of amides is 1. The lowest BCUT2D eigenvalue weighted by atomic mass is 10.2. The first kappa shape index (κ1) is 22.1. The molecule has 1 amide bonds. The van der Waals surface area contributed by atoms with Crippen molar-refractivity contribution in [2.24, 2.45) is 7.05 Å². The predicted octanol–water partition coefficient (Wildman–Crippen LogP) is 3.30. The van der Waals surface area contributed by atoms with E-state index in [2.05, 4.69) is 11.4 Å². The number of fused-ring (bicyclic) bond motifs is 1. The van der Waals surface area contributed by atoms with Gasteiger partial charge < -0.3 is 23.9 Å². The second kappa shape index (κ2) is 9.49. The fourth-order valence-electron chi connectivity index (χ4n) is 3.66. The van der Waals surface area contributed by atoms with Crippen LogP contribution in [0, 0.1) is 25.2 Å². The fraction of sp³-hybridized carbons (Fsp3) is 0.348. The second-order valence-electron chi connectivity index (χ2n) is 7.34. The summed E-state index contributed by atoms with van der Waals surface area (Å²) >= 11 is 0. The molecule has 162 valence electrons. The number of methoxy groups -OCH3 is 1. The number of nitrogens with one attached hydrogen (secondary N) is 1. The maximum atomic E-state index is 12.6. The number of hydrogen-bond donors (Lipinski definition) is 1. The Balaban J connectivity index is 1.73. The largest absolute Gasteiger partial charge is 0.452 e. The summed E-state index contributed by atoms with van der Waals surface area (Å²) in [6.45, 7) is 4.45. The maximum Gasteiger partial charge on any atom is 0.340 e. The van der Waals surface area contributed by atoms with Gasteiger partial charge in [0.2, 0.25) is 0 Å².